The van der Waals surface area contributed by atoms with Crippen molar-refractivity contribution in [2.45, 2.75) is 31.7 Å². The van der Waals surface area contributed by atoms with Crippen LogP contribution in [0.3, 0.4) is 0 Å². The third kappa shape index (κ3) is 3.61. The first kappa shape index (κ1) is 13.2. The molecule has 1 saturated carbocycles. The second-order valence-corrected chi connectivity index (χ2v) is 6.00. The second-order valence-electron chi connectivity index (χ2n) is 4.22. The van der Waals surface area contributed by atoms with Crippen molar-refractivity contribution >= 4 is 16.0 Å². The van der Waals surface area contributed by atoms with Crippen molar-refractivity contribution in [1.29, 1.82) is 0 Å². The van der Waals surface area contributed by atoms with Crippen LogP contribution in [0.15, 0.2) is 12.2 Å². The zero-order chi connectivity index (χ0) is 12.3. The van der Waals surface area contributed by atoms with E-state index in [0.717, 1.165) is 19.1 Å². The average molecular weight is 247 g/mol. The van der Waals surface area contributed by atoms with Gasteiger partial charge in [0, 0.05) is 17.5 Å². The highest BCUT2D eigenvalue weighted by Gasteiger charge is 2.31. The maximum Gasteiger partial charge on any atom is 0.331 e. The number of hydrogen-bond donors (Lipinski definition) is 2. The van der Waals surface area contributed by atoms with Crippen LogP contribution in [0.2, 0.25) is 0 Å². The molecule has 0 spiro atoms. The van der Waals surface area contributed by atoms with Gasteiger partial charge in [-0.1, -0.05) is 19.4 Å². The molecular weight excluding hydrogens is 230 g/mol. The Morgan fingerprint density at radius 2 is 1.94 bits per heavy atom. The number of nitrogens with one attached hydrogen (secondary N) is 1. The average Bonchev–Trinajstić information content (AvgIpc) is 2.15. The van der Waals surface area contributed by atoms with Gasteiger partial charge in [0.25, 0.3) is 0 Å². The van der Waals surface area contributed by atoms with E-state index in [1.807, 2.05) is 0 Å². The summed E-state index contributed by atoms with van der Waals surface area (Å²) in [4.78, 5) is 10.8. The number of aliphatic carboxylic acids is 1. The highest BCUT2D eigenvalue weighted by molar-refractivity contribution is 7.88. The molecule has 0 aromatic rings. The summed E-state index contributed by atoms with van der Waals surface area (Å²) in [6.07, 6.45) is 4.26. The molecule has 92 valence electrons. The molecule has 0 radical (unpaired) electrons. The van der Waals surface area contributed by atoms with Gasteiger partial charge in [-0.25, -0.2) is 17.9 Å². The molecule has 1 aliphatic rings. The Hall–Kier alpha value is -0.880. The first-order valence-corrected chi connectivity index (χ1v) is 7.10. The van der Waals surface area contributed by atoms with Crippen LogP contribution in [-0.4, -0.2) is 31.8 Å². The number of carboxylic acid groups (broad SMARTS) is 1. The van der Waals surface area contributed by atoms with E-state index < -0.39 is 16.0 Å². The van der Waals surface area contributed by atoms with E-state index in [-0.39, 0.29) is 17.5 Å². The van der Waals surface area contributed by atoms with Gasteiger partial charge in [0.05, 0.1) is 6.26 Å². The summed E-state index contributed by atoms with van der Waals surface area (Å²) >= 11 is 0. The molecule has 2 N–H and O–H groups in total. The highest BCUT2D eigenvalue weighted by Crippen LogP contribution is 2.29. The zero-order valence-electron chi connectivity index (χ0n) is 9.27. The smallest absolute Gasteiger partial charge is 0.331 e. The predicted molar refractivity (Wildman–Crippen MR) is 60.5 cm³/mol. The van der Waals surface area contributed by atoms with Crippen LogP contribution in [0.5, 0.6) is 0 Å². The van der Waals surface area contributed by atoms with E-state index >= 15 is 0 Å². The summed E-state index contributed by atoms with van der Waals surface area (Å²) in [5.41, 5.74) is 0.0980. The zero-order valence-corrected chi connectivity index (χ0v) is 10.1. The normalized spacial score (nSPS) is 26.3. The number of sulfonamides is 1. The molecular formula is C10H17NO4S. The monoisotopic (exact) mass is 247 g/mol. The molecule has 0 aromatic carbocycles. The third-order valence-electron chi connectivity index (χ3n) is 2.85. The third-order valence-corrected chi connectivity index (χ3v) is 3.58. The van der Waals surface area contributed by atoms with Crippen LogP contribution < -0.4 is 4.72 Å². The molecule has 16 heavy (non-hydrogen) atoms. The van der Waals surface area contributed by atoms with Gasteiger partial charge in [-0.2, -0.15) is 0 Å². The van der Waals surface area contributed by atoms with Gasteiger partial charge in [0.15, 0.2) is 0 Å². The van der Waals surface area contributed by atoms with Crippen LogP contribution in [0.25, 0.3) is 0 Å². The van der Waals surface area contributed by atoms with Crippen LogP contribution >= 0.6 is 0 Å². The Labute approximate surface area is 95.6 Å². The molecule has 0 saturated heterocycles. The highest BCUT2D eigenvalue weighted by atomic mass is 32.2. The summed E-state index contributed by atoms with van der Waals surface area (Å²) in [5.74, 6) is -1.34. The minimum absolute atomic E-state index is 0.0980. The fraction of sp³-hybridized carbons (Fsp3) is 0.700. The van der Waals surface area contributed by atoms with E-state index in [1.165, 1.54) is 0 Å². The van der Waals surface area contributed by atoms with Crippen LogP contribution in [0, 0.1) is 5.92 Å². The maximum absolute atomic E-state index is 11.1. The number of hydrogen-bond acceptors (Lipinski definition) is 3. The van der Waals surface area contributed by atoms with Crippen molar-refractivity contribution in [3.8, 4) is 0 Å². The maximum atomic E-state index is 11.1. The fourth-order valence-electron chi connectivity index (χ4n) is 2.12. The molecule has 2 atom stereocenters. The van der Waals surface area contributed by atoms with Gasteiger partial charge in [0.1, 0.15) is 0 Å². The minimum Gasteiger partial charge on any atom is -0.478 e. The lowest BCUT2D eigenvalue weighted by atomic mass is 9.81. The lowest BCUT2D eigenvalue weighted by molar-refractivity contribution is -0.133. The van der Waals surface area contributed by atoms with Gasteiger partial charge in [-0.05, 0) is 12.8 Å². The fourth-order valence-corrected chi connectivity index (χ4v) is 2.95. The Balaban J connectivity index is 2.79. The molecule has 2 unspecified atom stereocenters. The quantitative estimate of drug-likeness (QED) is 0.717. The molecule has 1 aliphatic carbocycles. The molecule has 1 fully saturated rings. The molecule has 0 aromatic heterocycles. The SMILES string of the molecule is C=C(C(=O)O)C1CCCCC1NS(C)(=O)=O. The van der Waals surface area contributed by atoms with Crippen molar-refractivity contribution in [2.75, 3.05) is 6.26 Å². The molecule has 0 bridgehead atoms. The van der Waals surface area contributed by atoms with Crippen LogP contribution in [0.4, 0.5) is 0 Å². The Bertz CT molecular complexity index is 388. The number of carboxylic acids is 1. The van der Waals surface area contributed by atoms with Crippen molar-refractivity contribution in [3.05, 3.63) is 12.2 Å². The summed E-state index contributed by atoms with van der Waals surface area (Å²) < 4.78 is 24.8. The summed E-state index contributed by atoms with van der Waals surface area (Å²) in [6, 6.07) is -0.327. The largest absolute Gasteiger partial charge is 0.478 e. The van der Waals surface area contributed by atoms with Gasteiger partial charge < -0.3 is 5.11 Å². The molecule has 0 amide bonds. The van der Waals surface area contributed by atoms with Crippen molar-refractivity contribution < 1.29 is 18.3 Å². The Morgan fingerprint density at radius 3 is 2.44 bits per heavy atom. The van der Waals surface area contributed by atoms with E-state index in [2.05, 4.69) is 11.3 Å². The summed E-state index contributed by atoms with van der Waals surface area (Å²) in [6.45, 7) is 3.52. The number of carbonyl (C=O) groups is 1. The van der Waals surface area contributed by atoms with Crippen molar-refractivity contribution in [2.24, 2.45) is 5.92 Å². The topological polar surface area (TPSA) is 83.5 Å². The first-order valence-electron chi connectivity index (χ1n) is 5.20. The lowest BCUT2D eigenvalue weighted by Crippen LogP contribution is -2.43. The lowest BCUT2D eigenvalue weighted by Gasteiger charge is -2.31. The van der Waals surface area contributed by atoms with Gasteiger partial charge >= 0.3 is 5.97 Å². The summed E-state index contributed by atoms with van der Waals surface area (Å²) in [5, 5.41) is 8.87. The van der Waals surface area contributed by atoms with E-state index in [9.17, 15) is 13.2 Å². The molecule has 0 heterocycles. The van der Waals surface area contributed by atoms with Crippen LogP contribution in [0.1, 0.15) is 25.7 Å². The van der Waals surface area contributed by atoms with Gasteiger partial charge in [-0.3, -0.25) is 0 Å². The first-order chi connectivity index (χ1) is 7.31. The van der Waals surface area contributed by atoms with Gasteiger partial charge in [0.2, 0.25) is 10.0 Å². The van der Waals surface area contributed by atoms with E-state index in [1.54, 1.807) is 0 Å². The van der Waals surface area contributed by atoms with Crippen molar-refractivity contribution in [1.82, 2.24) is 4.72 Å². The van der Waals surface area contributed by atoms with Crippen molar-refractivity contribution in [3.63, 3.8) is 0 Å². The van der Waals surface area contributed by atoms with E-state index in [4.69, 9.17) is 5.11 Å². The van der Waals surface area contributed by atoms with Crippen LogP contribution in [-0.2, 0) is 14.8 Å². The molecule has 6 heteroatoms. The second kappa shape index (κ2) is 4.97. The minimum atomic E-state index is -3.30. The Morgan fingerprint density at radius 1 is 1.38 bits per heavy atom. The molecule has 1 rings (SSSR count). The predicted octanol–water partition coefficient (Wildman–Crippen LogP) is 0.735. The Kier molecular flexibility index (Phi) is 4.09. The van der Waals surface area contributed by atoms with Gasteiger partial charge in [-0.15, -0.1) is 0 Å². The molecule has 5 nitrogen and oxygen atoms in total. The molecule has 0 aliphatic heterocycles. The van der Waals surface area contributed by atoms with E-state index in [0.29, 0.717) is 12.8 Å². The standard InChI is InChI=1S/C10H17NO4S/c1-7(10(12)13)8-5-3-4-6-9(8)11-16(2,14)15/h8-9,11H,1,3-6H2,2H3,(H,12,13). The summed E-state index contributed by atoms with van der Waals surface area (Å²) in [7, 11) is -3.30. The number of rotatable bonds is 4.